The van der Waals surface area contributed by atoms with Gasteiger partial charge in [-0.25, -0.2) is 0 Å². The van der Waals surface area contributed by atoms with Gasteiger partial charge in [0.1, 0.15) is 12.3 Å². The molecule has 0 unspecified atom stereocenters. The van der Waals surface area contributed by atoms with Crippen LogP contribution in [-0.2, 0) is 14.3 Å². The summed E-state index contributed by atoms with van der Waals surface area (Å²) in [5, 5.41) is 5.45. The van der Waals surface area contributed by atoms with Gasteiger partial charge < -0.3 is 20.1 Å². The Morgan fingerprint density at radius 3 is 2.48 bits per heavy atom. The van der Waals surface area contributed by atoms with E-state index in [0.717, 1.165) is 0 Å². The summed E-state index contributed by atoms with van der Waals surface area (Å²) in [5.41, 5.74) is 0.873. The molecule has 0 radical (unpaired) electrons. The first-order chi connectivity index (χ1) is 13.0. The number of halogens is 1. The molecule has 0 saturated carbocycles. The number of rotatable bonds is 8. The van der Waals surface area contributed by atoms with Crippen molar-refractivity contribution in [3.05, 3.63) is 59.1 Å². The molecule has 2 aromatic rings. The highest BCUT2D eigenvalue weighted by Crippen LogP contribution is 2.14. The minimum Gasteiger partial charge on any atom is -0.494 e. The van der Waals surface area contributed by atoms with Crippen molar-refractivity contribution in [3.63, 3.8) is 0 Å². The first-order valence-corrected chi connectivity index (χ1v) is 8.58. The summed E-state index contributed by atoms with van der Waals surface area (Å²) in [5.74, 6) is -1.02. The number of hydrogen-bond donors (Lipinski definition) is 2. The van der Waals surface area contributed by atoms with Crippen LogP contribution < -0.4 is 15.4 Å². The second-order valence-corrected chi connectivity index (χ2v) is 5.80. The number of carbonyl (C=O) groups is 3. The Bertz CT molecular complexity index is 808. The lowest BCUT2D eigenvalue weighted by molar-refractivity contribution is -0.146. The van der Waals surface area contributed by atoms with E-state index >= 15 is 0 Å². The molecule has 0 aliphatic heterocycles. The van der Waals surface area contributed by atoms with Crippen molar-refractivity contribution >= 4 is 35.1 Å². The van der Waals surface area contributed by atoms with E-state index in [4.69, 9.17) is 21.1 Å². The number of amides is 2. The molecule has 0 bridgehead atoms. The van der Waals surface area contributed by atoms with E-state index in [1.54, 1.807) is 48.5 Å². The number of anilines is 1. The van der Waals surface area contributed by atoms with Gasteiger partial charge >= 0.3 is 5.97 Å². The van der Waals surface area contributed by atoms with Gasteiger partial charge in [-0.1, -0.05) is 17.7 Å². The molecular weight excluding hydrogens is 372 g/mol. The van der Waals surface area contributed by atoms with E-state index in [0.29, 0.717) is 28.6 Å². The third kappa shape index (κ3) is 6.99. The van der Waals surface area contributed by atoms with Crippen molar-refractivity contribution in [2.75, 3.05) is 25.1 Å². The van der Waals surface area contributed by atoms with Gasteiger partial charge in [0, 0.05) is 16.3 Å². The van der Waals surface area contributed by atoms with Gasteiger partial charge in [0.15, 0.2) is 6.61 Å². The quantitative estimate of drug-likeness (QED) is 0.676. The fraction of sp³-hybridized carbons (Fsp3) is 0.211. The molecule has 8 heteroatoms. The standard InChI is InChI=1S/C19H19ClN2O5/c1-2-26-16-8-6-13(7-9-16)19(25)21-11-18(24)27-12-17(23)22-15-5-3-4-14(20)10-15/h3-10H,2,11-12H2,1H3,(H,21,25)(H,22,23). The van der Waals surface area contributed by atoms with Crippen LogP contribution in [0.1, 0.15) is 17.3 Å². The molecule has 2 amide bonds. The lowest BCUT2D eigenvalue weighted by Crippen LogP contribution is -2.32. The highest BCUT2D eigenvalue weighted by Gasteiger charge is 2.11. The maximum atomic E-state index is 12.0. The van der Waals surface area contributed by atoms with E-state index in [2.05, 4.69) is 10.6 Å². The van der Waals surface area contributed by atoms with Gasteiger partial charge in [-0.3, -0.25) is 14.4 Å². The summed E-state index contributed by atoms with van der Waals surface area (Å²) in [7, 11) is 0. The fourth-order valence-corrected chi connectivity index (χ4v) is 2.27. The van der Waals surface area contributed by atoms with Crippen LogP contribution in [0.15, 0.2) is 48.5 Å². The van der Waals surface area contributed by atoms with Crippen molar-refractivity contribution in [1.29, 1.82) is 0 Å². The average Bonchev–Trinajstić information content (AvgIpc) is 2.65. The number of benzene rings is 2. The van der Waals surface area contributed by atoms with Crippen molar-refractivity contribution in [3.8, 4) is 5.75 Å². The second kappa shape index (κ2) is 10.2. The normalized spacial score (nSPS) is 10.0. The molecule has 0 aliphatic rings. The van der Waals surface area contributed by atoms with Crippen LogP contribution in [0.2, 0.25) is 5.02 Å². The van der Waals surface area contributed by atoms with Crippen LogP contribution in [0.5, 0.6) is 5.75 Å². The third-order valence-electron chi connectivity index (χ3n) is 3.29. The Hall–Kier alpha value is -3.06. The van der Waals surface area contributed by atoms with Crippen LogP contribution >= 0.6 is 11.6 Å². The molecule has 0 saturated heterocycles. The number of carbonyl (C=O) groups excluding carboxylic acids is 3. The highest BCUT2D eigenvalue weighted by atomic mass is 35.5. The van der Waals surface area contributed by atoms with E-state index < -0.39 is 24.4 Å². The number of nitrogens with one attached hydrogen (secondary N) is 2. The summed E-state index contributed by atoms with van der Waals surface area (Å²) in [6, 6.07) is 13.1. The van der Waals surface area contributed by atoms with Crippen LogP contribution in [0.3, 0.4) is 0 Å². The molecule has 0 atom stereocenters. The zero-order chi connectivity index (χ0) is 19.6. The van der Waals surface area contributed by atoms with E-state index in [1.807, 2.05) is 6.92 Å². The highest BCUT2D eigenvalue weighted by molar-refractivity contribution is 6.30. The lowest BCUT2D eigenvalue weighted by atomic mass is 10.2. The Morgan fingerprint density at radius 2 is 1.81 bits per heavy atom. The summed E-state index contributed by atoms with van der Waals surface area (Å²) >= 11 is 5.82. The third-order valence-corrected chi connectivity index (χ3v) is 3.53. The lowest BCUT2D eigenvalue weighted by Gasteiger charge is -2.08. The van der Waals surface area contributed by atoms with Crippen LogP contribution in [-0.4, -0.2) is 37.5 Å². The van der Waals surface area contributed by atoms with E-state index in [-0.39, 0.29) is 6.54 Å². The molecule has 0 aromatic heterocycles. The maximum Gasteiger partial charge on any atom is 0.325 e. The summed E-state index contributed by atoms with van der Waals surface area (Å²) in [6.45, 7) is 1.57. The smallest absolute Gasteiger partial charge is 0.325 e. The van der Waals surface area contributed by atoms with Crippen LogP contribution in [0.25, 0.3) is 0 Å². The van der Waals surface area contributed by atoms with Crippen molar-refractivity contribution in [1.82, 2.24) is 5.32 Å². The van der Waals surface area contributed by atoms with Gasteiger partial charge in [0.05, 0.1) is 6.61 Å². The van der Waals surface area contributed by atoms with Gasteiger partial charge in [-0.15, -0.1) is 0 Å². The van der Waals surface area contributed by atoms with Crippen LogP contribution in [0, 0.1) is 0 Å². The van der Waals surface area contributed by atoms with Crippen molar-refractivity contribution in [2.24, 2.45) is 0 Å². The molecule has 0 aliphatic carbocycles. The summed E-state index contributed by atoms with van der Waals surface area (Å²) in [4.78, 5) is 35.4. The minimum absolute atomic E-state index is 0.351. The monoisotopic (exact) mass is 390 g/mol. The van der Waals surface area contributed by atoms with E-state index in [9.17, 15) is 14.4 Å². The number of ether oxygens (including phenoxy) is 2. The summed E-state index contributed by atoms with van der Waals surface area (Å²) < 4.78 is 10.1. The van der Waals surface area contributed by atoms with Crippen molar-refractivity contribution in [2.45, 2.75) is 6.92 Å². The number of hydrogen-bond acceptors (Lipinski definition) is 5. The largest absolute Gasteiger partial charge is 0.494 e. The second-order valence-electron chi connectivity index (χ2n) is 5.36. The van der Waals surface area contributed by atoms with E-state index in [1.165, 1.54) is 0 Å². The van der Waals surface area contributed by atoms with Gasteiger partial charge in [-0.05, 0) is 49.4 Å². The maximum absolute atomic E-state index is 12.0. The molecule has 27 heavy (non-hydrogen) atoms. The summed E-state index contributed by atoms with van der Waals surface area (Å²) in [6.07, 6.45) is 0. The molecule has 0 heterocycles. The van der Waals surface area contributed by atoms with Crippen LogP contribution in [0.4, 0.5) is 5.69 Å². The minimum atomic E-state index is -0.726. The Labute approximate surface area is 161 Å². The first-order valence-electron chi connectivity index (χ1n) is 8.20. The van der Waals surface area contributed by atoms with Gasteiger partial charge in [0.25, 0.3) is 11.8 Å². The van der Waals surface area contributed by atoms with Gasteiger partial charge in [-0.2, -0.15) is 0 Å². The molecule has 2 N–H and O–H groups in total. The zero-order valence-electron chi connectivity index (χ0n) is 14.7. The predicted octanol–water partition coefficient (Wildman–Crippen LogP) is 2.65. The average molecular weight is 391 g/mol. The molecule has 7 nitrogen and oxygen atoms in total. The molecule has 142 valence electrons. The van der Waals surface area contributed by atoms with Crippen molar-refractivity contribution < 1.29 is 23.9 Å². The Morgan fingerprint density at radius 1 is 1.07 bits per heavy atom. The van der Waals surface area contributed by atoms with Gasteiger partial charge in [0.2, 0.25) is 0 Å². The zero-order valence-corrected chi connectivity index (χ0v) is 15.4. The molecular formula is C19H19ClN2O5. The topological polar surface area (TPSA) is 93.7 Å². The first kappa shape index (κ1) is 20.3. The SMILES string of the molecule is CCOc1ccc(C(=O)NCC(=O)OCC(=O)Nc2cccc(Cl)c2)cc1. The fourth-order valence-electron chi connectivity index (χ4n) is 2.08. The Kier molecular flexibility index (Phi) is 7.63. The number of esters is 1. The molecule has 0 fully saturated rings. The molecule has 2 rings (SSSR count). The Balaban J connectivity index is 1.72. The molecule has 2 aromatic carbocycles. The molecule has 0 spiro atoms. The predicted molar refractivity (Wildman–Crippen MR) is 101 cm³/mol.